The van der Waals surface area contributed by atoms with Crippen molar-refractivity contribution in [1.82, 2.24) is 14.7 Å². The van der Waals surface area contributed by atoms with Crippen molar-refractivity contribution in [3.8, 4) is 0 Å². The molecule has 102 valence electrons. The summed E-state index contributed by atoms with van der Waals surface area (Å²) in [5.41, 5.74) is 4.84. The van der Waals surface area contributed by atoms with E-state index in [1.54, 1.807) is 18.1 Å². The number of thioether (sulfide) groups is 1. The van der Waals surface area contributed by atoms with E-state index in [2.05, 4.69) is 28.5 Å². The average molecular weight is 288 g/mol. The van der Waals surface area contributed by atoms with E-state index in [0.29, 0.717) is 6.42 Å². The summed E-state index contributed by atoms with van der Waals surface area (Å²) in [7, 11) is 0. The topological polar surface area (TPSA) is 80.9 Å². The van der Waals surface area contributed by atoms with Gasteiger partial charge in [-0.25, -0.2) is 4.98 Å². The van der Waals surface area contributed by atoms with Crippen LogP contribution in [0.5, 0.6) is 0 Å². The number of rotatable bonds is 8. The number of aromatic nitrogens is 2. The number of hydrogen-bond acceptors (Lipinski definition) is 6. The summed E-state index contributed by atoms with van der Waals surface area (Å²) in [5, 5.41) is 3.49. The zero-order valence-corrected chi connectivity index (χ0v) is 12.6. The monoisotopic (exact) mass is 288 g/mol. The molecule has 1 rings (SSSR count). The fraction of sp³-hybridized carbons (Fsp3) is 0.727. The summed E-state index contributed by atoms with van der Waals surface area (Å²) in [6.45, 7) is 6.78. The summed E-state index contributed by atoms with van der Waals surface area (Å²) in [5.74, 6) is -0.305. The van der Waals surface area contributed by atoms with Gasteiger partial charge >= 0.3 is 0 Å². The van der Waals surface area contributed by atoms with Crippen molar-refractivity contribution < 1.29 is 4.79 Å². The third-order valence-corrected chi connectivity index (χ3v) is 4.50. The summed E-state index contributed by atoms with van der Waals surface area (Å²) in [6, 6.07) is 0. The van der Waals surface area contributed by atoms with Crippen LogP contribution in [0, 0.1) is 0 Å². The van der Waals surface area contributed by atoms with Crippen LogP contribution in [0.1, 0.15) is 33.6 Å². The van der Waals surface area contributed by atoms with E-state index in [1.807, 2.05) is 6.92 Å². The molecule has 0 aliphatic heterocycles. The maximum Gasteiger partial charge on any atom is 0.237 e. The smallest absolute Gasteiger partial charge is 0.237 e. The lowest BCUT2D eigenvalue weighted by Crippen LogP contribution is -2.54. The number of hydrogen-bond donors (Lipinski definition) is 2. The van der Waals surface area contributed by atoms with Crippen molar-refractivity contribution in [3.63, 3.8) is 0 Å². The van der Waals surface area contributed by atoms with E-state index < -0.39 is 5.54 Å². The SMILES string of the molecule is CCCNC(C)(CC(C)Sc1ncns1)C(N)=O. The van der Waals surface area contributed by atoms with Gasteiger partial charge in [0.15, 0.2) is 4.34 Å². The molecule has 5 nitrogen and oxygen atoms in total. The third kappa shape index (κ3) is 4.55. The molecule has 1 heterocycles. The first-order valence-electron chi connectivity index (χ1n) is 5.96. The molecular weight excluding hydrogens is 268 g/mol. The average Bonchev–Trinajstić information content (AvgIpc) is 2.78. The Labute approximate surface area is 116 Å². The van der Waals surface area contributed by atoms with Crippen molar-refractivity contribution in [1.29, 1.82) is 0 Å². The highest BCUT2D eigenvalue weighted by Gasteiger charge is 2.32. The molecule has 0 spiro atoms. The Hall–Kier alpha value is -0.660. The van der Waals surface area contributed by atoms with Gasteiger partial charge in [0.05, 0.1) is 5.54 Å². The fourth-order valence-corrected chi connectivity index (χ4v) is 3.61. The first-order valence-corrected chi connectivity index (χ1v) is 7.61. The second-order valence-electron chi connectivity index (χ2n) is 4.46. The molecule has 0 saturated carbocycles. The largest absolute Gasteiger partial charge is 0.368 e. The van der Waals surface area contributed by atoms with Gasteiger partial charge in [-0.05, 0) is 37.8 Å². The molecule has 0 bridgehead atoms. The van der Waals surface area contributed by atoms with Crippen LogP contribution in [-0.4, -0.2) is 32.6 Å². The number of carbonyl (C=O) groups excluding carboxylic acids is 1. The van der Waals surface area contributed by atoms with E-state index in [1.165, 1.54) is 11.5 Å². The van der Waals surface area contributed by atoms with Crippen molar-refractivity contribution in [2.45, 2.75) is 48.7 Å². The number of amides is 1. The van der Waals surface area contributed by atoms with Crippen LogP contribution in [-0.2, 0) is 4.79 Å². The van der Waals surface area contributed by atoms with Crippen LogP contribution >= 0.6 is 23.3 Å². The summed E-state index contributed by atoms with van der Waals surface area (Å²) in [4.78, 5) is 15.7. The molecular formula is C11H20N4OS2. The Morgan fingerprint density at radius 3 is 2.94 bits per heavy atom. The van der Waals surface area contributed by atoms with E-state index >= 15 is 0 Å². The summed E-state index contributed by atoms with van der Waals surface area (Å²) in [6.07, 6.45) is 3.19. The first kappa shape index (κ1) is 15.4. The molecule has 0 aliphatic rings. The normalized spacial score (nSPS) is 16.2. The number of nitrogens with one attached hydrogen (secondary N) is 1. The Bertz CT molecular complexity index is 371. The molecule has 3 N–H and O–H groups in total. The van der Waals surface area contributed by atoms with Crippen molar-refractivity contribution in [2.24, 2.45) is 5.73 Å². The Balaban J connectivity index is 2.57. The molecule has 0 radical (unpaired) electrons. The van der Waals surface area contributed by atoms with Crippen LogP contribution in [0.3, 0.4) is 0 Å². The molecule has 1 aromatic rings. The van der Waals surface area contributed by atoms with Crippen LogP contribution < -0.4 is 11.1 Å². The number of nitrogens with two attached hydrogens (primary N) is 1. The fourth-order valence-electron chi connectivity index (χ4n) is 1.66. The highest BCUT2D eigenvalue weighted by Crippen LogP contribution is 2.29. The van der Waals surface area contributed by atoms with Crippen LogP contribution in [0.25, 0.3) is 0 Å². The quantitative estimate of drug-likeness (QED) is 0.711. The van der Waals surface area contributed by atoms with E-state index in [0.717, 1.165) is 17.3 Å². The van der Waals surface area contributed by atoms with E-state index in [4.69, 9.17) is 5.73 Å². The van der Waals surface area contributed by atoms with Gasteiger partial charge in [-0.3, -0.25) is 4.79 Å². The molecule has 18 heavy (non-hydrogen) atoms. The molecule has 1 aromatic heterocycles. The minimum atomic E-state index is -0.660. The van der Waals surface area contributed by atoms with Crippen molar-refractivity contribution >= 4 is 29.2 Å². The highest BCUT2D eigenvalue weighted by atomic mass is 32.2. The minimum Gasteiger partial charge on any atom is -0.368 e. The second kappa shape index (κ2) is 7.06. The Morgan fingerprint density at radius 1 is 1.72 bits per heavy atom. The van der Waals surface area contributed by atoms with Gasteiger partial charge in [-0.15, -0.1) is 0 Å². The number of primary amides is 1. The molecule has 0 fully saturated rings. The highest BCUT2D eigenvalue weighted by molar-refractivity contribution is 8.01. The zero-order valence-electron chi connectivity index (χ0n) is 11.0. The van der Waals surface area contributed by atoms with Gasteiger partial charge < -0.3 is 11.1 Å². The maximum atomic E-state index is 11.6. The van der Waals surface area contributed by atoms with Crippen LogP contribution in [0.2, 0.25) is 0 Å². The van der Waals surface area contributed by atoms with Crippen LogP contribution in [0.4, 0.5) is 0 Å². The Kier molecular flexibility index (Phi) is 6.04. The van der Waals surface area contributed by atoms with Gasteiger partial charge in [0.1, 0.15) is 6.33 Å². The predicted octanol–water partition coefficient (Wildman–Crippen LogP) is 1.65. The van der Waals surface area contributed by atoms with Gasteiger partial charge in [-0.1, -0.05) is 25.6 Å². The van der Waals surface area contributed by atoms with Gasteiger partial charge in [0.25, 0.3) is 0 Å². The van der Waals surface area contributed by atoms with Crippen molar-refractivity contribution in [3.05, 3.63) is 6.33 Å². The summed E-state index contributed by atoms with van der Waals surface area (Å²) >= 11 is 2.99. The van der Waals surface area contributed by atoms with Crippen molar-refractivity contribution in [2.75, 3.05) is 6.54 Å². The van der Waals surface area contributed by atoms with Gasteiger partial charge in [0, 0.05) is 5.25 Å². The molecule has 0 aromatic carbocycles. The molecule has 2 unspecified atom stereocenters. The lowest BCUT2D eigenvalue weighted by molar-refractivity contribution is -0.124. The van der Waals surface area contributed by atoms with Crippen LogP contribution in [0.15, 0.2) is 10.7 Å². The van der Waals surface area contributed by atoms with E-state index in [9.17, 15) is 4.79 Å². The number of carbonyl (C=O) groups is 1. The standard InChI is InChI=1S/C11H20N4OS2/c1-4-5-14-11(3,9(12)16)6-8(2)17-10-13-7-15-18-10/h7-8,14H,4-6H2,1-3H3,(H2,12,16). The number of nitrogens with zero attached hydrogens (tertiary/aromatic N) is 2. The molecule has 0 aliphatic carbocycles. The zero-order chi connectivity index (χ0) is 13.6. The minimum absolute atomic E-state index is 0.250. The first-order chi connectivity index (χ1) is 8.48. The lowest BCUT2D eigenvalue weighted by Gasteiger charge is -2.29. The summed E-state index contributed by atoms with van der Waals surface area (Å²) < 4.78 is 4.88. The molecule has 0 saturated heterocycles. The second-order valence-corrected chi connectivity index (χ2v) is 6.93. The molecule has 7 heteroatoms. The van der Waals surface area contributed by atoms with Gasteiger partial charge in [-0.2, -0.15) is 4.37 Å². The predicted molar refractivity (Wildman–Crippen MR) is 75.7 cm³/mol. The van der Waals surface area contributed by atoms with Gasteiger partial charge in [0.2, 0.25) is 5.91 Å². The Morgan fingerprint density at radius 2 is 2.44 bits per heavy atom. The maximum absolute atomic E-state index is 11.6. The molecule has 1 amide bonds. The lowest BCUT2D eigenvalue weighted by atomic mass is 9.95. The molecule has 2 atom stereocenters. The van der Waals surface area contributed by atoms with E-state index in [-0.39, 0.29) is 11.2 Å². The third-order valence-electron chi connectivity index (χ3n) is 2.65.